The molecule has 0 aliphatic heterocycles. The molecule has 1 aromatic heterocycles. The summed E-state index contributed by atoms with van der Waals surface area (Å²) >= 11 is 0. The Morgan fingerprint density at radius 2 is 1.13 bits per heavy atom. The van der Waals surface area contributed by atoms with Crippen molar-refractivity contribution >= 4 is 58.9 Å². The predicted molar refractivity (Wildman–Crippen MR) is 214 cm³/mol. The van der Waals surface area contributed by atoms with Gasteiger partial charge in [-0.15, -0.1) is 5.10 Å². The molecule has 0 fully saturated rings. The summed E-state index contributed by atoms with van der Waals surface area (Å²) in [5, 5.41) is 51.3. The lowest BCUT2D eigenvalue weighted by Crippen LogP contribution is -2.49. The highest BCUT2D eigenvalue weighted by molar-refractivity contribution is 5.97. The van der Waals surface area contributed by atoms with Crippen LogP contribution in [0.1, 0.15) is 72.1 Å². The van der Waals surface area contributed by atoms with Crippen molar-refractivity contribution in [2.24, 2.45) is 23.7 Å². The fourth-order valence-corrected chi connectivity index (χ4v) is 5.74. The topological polar surface area (TPSA) is 355 Å². The van der Waals surface area contributed by atoms with Crippen molar-refractivity contribution in [3.8, 4) is 0 Å². The van der Waals surface area contributed by atoms with Crippen LogP contribution in [0.3, 0.4) is 0 Å². The maximum Gasteiger partial charge on any atom is 0.305 e. The average Bonchev–Trinajstić information content (AvgIpc) is 3.71. The highest BCUT2D eigenvalue weighted by Gasteiger charge is 2.35. The molecule has 0 aliphatic carbocycles. The molecular formula is C39H60N6O18. The molecule has 0 spiro atoms. The molecule has 0 saturated carbocycles. The Hall–Kier alpha value is -5.72. The zero-order valence-electron chi connectivity index (χ0n) is 35.7. The number of carboxylic acid groups (broad SMARTS) is 4. The van der Waals surface area contributed by atoms with E-state index in [-0.39, 0.29) is 65.8 Å². The molecule has 0 aliphatic rings. The van der Waals surface area contributed by atoms with Gasteiger partial charge in [0, 0.05) is 50.3 Å². The molecule has 0 radical (unpaired) electrons. The van der Waals surface area contributed by atoms with Crippen LogP contribution in [0.2, 0.25) is 0 Å². The van der Waals surface area contributed by atoms with Gasteiger partial charge >= 0.3 is 23.9 Å². The summed E-state index contributed by atoms with van der Waals surface area (Å²) in [6, 6.07) is -3.12. The standard InChI is InChI=1S/C39H60N6O18/c1-24(2)28(21-32(48)29(4-5-33(49)50)42-38(58)26(20-35(53)54)19-27(46)23-45-9-7-41-44-45)39(59)43-30(22-36(55)56)31(47)18-25(3)37(57)40-8-11-61-13-15-63-17-16-62-14-12-60-10-6-34(51)52/h7,9,24-26,28-30H,4-6,8,10-23H2,1-3H3,(H,40,57)(H,42,58)(H,43,59)(H,49,50)(H,51,52)(H,53,54)(H,55,56)/t25-,26+,28+,29+,30+/m1/s1. The minimum absolute atomic E-state index is 0.0813. The normalized spacial score (nSPS) is 13.5. The largest absolute Gasteiger partial charge is 0.481 e. The number of carboxylic acids is 4. The Balaban J connectivity index is 2.76. The zero-order chi connectivity index (χ0) is 47.3. The van der Waals surface area contributed by atoms with Crippen LogP contribution in [0.15, 0.2) is 12.4 Å². The lowest BCUT2D eigenvalue weighted by molar-refractivity contribution is -0.143. The van der Waals surface area contributed by atoms with Crippen LogP contribution in [0.4, 0.5) is 0 Å². The number of Topliss-reactive ketones (excluding diaryl/α,β-unsaturated/α-hetero) is 3. The summed E-state index contributed by atoms with van der Waals surface area (Å²) in [7, 11) is 0. The molecule has 0 saturated heterocycles. The van der Waals surface area contributed by atoms with Gasteiger partial charge in [-0.1, -0.05) is 26.0 Å². The van der Waals surface area contributed by atoms with Crippen molar-refractivity contribution in [2.75, 3.05) is 59.4 Å². The number of hydrogen-bond acceptors (Lipinski definition) is 16. The first-order valence-corrected chi connectivity index (χ1v) is 20.3. The molecule has 0 unspecified atom stereocenters. The third-order valence-corrected chi connectivity index (χ3v) is 9.15. The summed E-state index contributed by atoms with van der Waals surface area (Å²) < 4.78 is 22.3. The molecule has 354 valence electrons. The van der Waals surface area contributed by atoms with Crippen LogP contribution in [-0.2, 0) is 73.4 Å². The molecule has 0 aromatic carbocycles. The molecule has 1 rings (SSSR count). The maximum atomic E-state index is 13.6. The van der Waals surface area contributed by atoms with Crippen molar-refractivity contribution < 1.29 is 87.3 Å². The van der Waals surface area contributed by atoms with Gasteiger partial charge < -0.3 is 55.3 Å². The van der Waals surface area contributed by atoms with E-state index in [1.807, 2.05) is 0 Å². The van der Waals surface area contributed by atoms with Crippen molar-refractivity contribution in [3.63, 3.8) is 0 Å². The van der Waals surface area contributed by atoms with E-state index in [2.05, 4.69) is 26.3 Å². The molecule has 24 nitrogen and oxygen atoms in total. The van der Waals surface area contributed by atoms with E-state index in [0.29, 0.717) is 6.61 Å². The highest BCUT2D eigenvalue weighted by atomic mass is 16.6. The van der Waals surface area contributed by atoms with Gasteiger partial charge in [0.25, 0.3) is 0 Å². The van der Waals surface area contributed by atoms with Crippen LogP contribution in [0.25, 0.3) is 0 Å². The number of hydrogen-bond donors (Lipinski definition) is 7. The van der Waals surface area contributed by atoms with E-state index in [1.165, 1.54) is 19.3 Å². The number of aliphatic carboxylic acids is 4. The van der Waals surface area contributed by atoms with Crippen LogP contribution < -0.4 is 16.0 Å². The van der Waals surface area contributed by atoms with Gasteiger partial charge in [-0.3, -0.25) is 47.9 Å². The van der Waals surface area contributed by atoms with Gasteiger partial charge in [-0.2, -0.15) is 0 Å². The number of aromatic nitrogens is 3. The van der Waals surface area contributed by atoms with E-state index >= 15 is 0 Å². The average molecular weight is 901 g/mol. The third kappa shape index (κ3) is 25.7. The minimum atomic E-state index is -1.60. The predicted octanol–water partition coefficient (Wildman–Crippen LogP) is -0.879. The van der Waals surface area contributed by atoms with Crippen molar-refractivity contribution in [1.82, 2.24) is 30.9 Å². The quantitative estimate of drug-likeness (QED) is 0.0396. The van der Waals surface area contributed by atoms with Crippen LogP contribution in [0.5, 0.6) is 0 Å². The molecule has 3 amide bonds. The van der Waals surface area contributed by atoms with Gasteiger partial charge in [0.15, 0.2) is 17.3 Å². The minimum Gasteiger partial charge on any atom is -0.481 e. The van der Waals surface area contributed by atoms with Crippen molar-refractivity contribution in [3.05, 3.63) is 12.4 Å². The summed E-state index contributed by atoms with van der Waals surface area (Å²) in [5.41, 5.74) is 0. The Kier molecular flexibility index (Phi) is 27.4. The number of carbonyl (C=O) groups excluding carboxylic acids is 6. The summed E-state index contributed by atoms with van der Waals surface area (Å²) in [6.45, 7) is 6.09. The molecule has 24 heteroatoms. The Morgan fingerprint density at radius 3 is 1.65 bits per heavy atom. The van der Waals surface area contributed by atoms with Gasteiger partial charge in [0.05, 0.1) is 96.3 Å². The second-order valence-corrected chi connectivity index (χ2v) is 14.8. The molecular weight excluding hydrogens is 840 g/mol. The lowest BCUT2D eigenvalue weighted by Gasteiger charge is -2.26. The number of nitrogens with one attached hydrogen (secondary N) is 3. The van der Waals surface area contributed by atoms with Gasteiger partial charge in [0.1, 0.15) is 6.54 Å². The fourth-order valence-electron chi connectivity index (χ4n) is 5.74. The molecule has 7 N–H and O–H groups in total. The SMILES string of the molecule is CC(C)[C@H](CC(=O)[C@H](CCC(=O)O)NC(=O)[C@H](CC(=O)O)CC(=O)Cn1ccnn1)C(=O)N[C@@H](CC(=O)O)C(=O)C[C@@H](C)C(=O)NCCOCCOCCOCCOCCC(=O)O. The summed E-state index contributed by atoms with van der Waals surface area (Å²) in [6.07, 6.45) is -1.72. The van der Waals surface area contributed by atoms with Gasteiger partial charge in [0.2, 0.25) is 17.7 Å². The van der Waals surface area contributed by atoms with Crippen molar-refractivity contribution in [1.29, 1.82) is 0 Å². The zero-order valence-corrected chi connectivity index (χ0v) is 35.7. The van der Waals surface area contributed by atoms with E-state index < -0.39 is 140 Å². The Bertz CT molecular complexity index is 1660. The van der Waals surface area contributed by atoms with Crippen LogP contribution in [-0.4, -0.2) is 166 Å². The number of ketones is 3. The Labute approximate surface area is 363 Å². The van der Waals surface area contributed by atoms with Crippen LogP contribution >= 0.6 is 0 Å². The molecule has 63 heavy (non-hydrogen) atoms. The number of ether oxygens (including phenoxy) is 4. The molecule has 1 heterocycles. The summed E-state index contributed by atoms with van der Waals surface area (Å²) in [4.78, 5) is 124. The first-order chi connectivity index (χ1) is 29.8. The lowest BCUT2D eigenvalue weighted by atomic mass is 9.86. The third-order valence-electron chi connectivity index (χ3n) is 9.15. The van der Waals surface area contributed by atoms with Gasteiger partial charge in [-0.25, -0.2) is 4.68 Å². The number of carbonyl (C=O) groups is 10. The number of amides is 3. The molecule has 5 atom stereocenters. The van der Waals surface area contributed by atoms with E-state index in [4.69, 9.17) is 24.1 Å². The first kappa shape index (κ1) is 55.3. The van der Waals surface area contributed by atoms with Gasteiger partial charge in [-0.05, 0) is 12.3 Å². The van der Waals surface area contributed by atoms with E-state index in [9.17, 15) is 63.3 Å². The fraction of sp³-hybridized carbons (Fsp3) is 0.692. The highest BCUT2D eigenvalue weighted by Crippen LogP contribution is 2.20. The smallest absolute Gasteiger partial charge is 0.305 e. The van der Waals surface area contributed by atoms with E-state index in [0.717, 1.165) is 4.68 Å². The monoisotopic (exact) mass is 900 g/mol. The molecule has 0 bridgehead atoms. The van der Waals surface area contributed by atoms with E-state index in [1.54, 1.807) is 13.8 Å². The maximum absolute atomic E-state index is 13.6. The number of rotatable bonds is 38. The second-order valence-electron chi connectivity index (χ2n) is 14.8. The van der Waals surface area contributed by atoms with Crippen molar-refractivity contribution in [2.45, 2.75) is 90.8 Å². The Morgan fingerprint density at radius 1 is 0.587 bits per heavy atom. The summed E-state index contributed by atoms with van der Waals surface area (Å²) in [5.74, 6) is -14.0. The molecule has 1 aromatic rings. The first-order valence-electron chi connectivity index (χ1n) is 20.3. The number of nitrogens with zero attached hydrogens (tertiary/aromatic N) is 3. The van der Waals surface area contributed by atoms with Crippen LogP contribution in [0, 0.1) is 23.7 Å². The second kappa shape index (κ2) is 31.2.